The Balaban J connectivity index is 1.17. The topological polar surface area (TPSA) is 22.8 Å². The summed E-state index contributed by atoms with van der Waals surface area (Å²) >= 11 is 0. The van der Waals surface area contributed by atoms with Crippen molar-refractivity contribution in [3.05, 3.63) is 188 Å². The first-order chi connectivity index (χ1) is 24.8. The fourth-order valence-corrected chi connectivity index (χ4v) is 7.67. The van der Waals surface area contributed by atoms with E-state index in [0.717, 1.165) is 22.3 Å². The summed E-state index contributed by atoms with van der Waals surface area (Å²) in [7, 11) is 0. The summed E-state index contributed by atoms with van der Waals surface area (Å²) in [6.45, 7) is 0. The van der Waals surface area contributed by atoms with E-state index in [1.165, 1.54) is 66.1 Å². The number of benzene rings is 7. The van der Waals surface area contributed by atoms with Gasteiger partial charge in [-0.05, 0) is 100 Å². The van der Waals surface area contributed by atoms with Gasteiger partial charge in [-0.1, -0.05) is 109 Å². The lowest BCUT2D eigenvalue weighted by molar-refractivity contribution is 1.17. The Morgan fingerprint density at radius 2 is 0.800 bits per heavy atom. The number of fused-ring (bicyclic) bond motifs is 6. The standard InChI is InChI=1S/C47H31N3/c1-4-12-32(13-5-1)36-26-37(33-14-6-2-7-15-33)28-39(27-36)50-44-19-11-10-18-40(44)41-29-34(20-22-45(41)50)35-21-23-46-42(30-35)43-31-48-25-24-47(43)49(46)38-16-8-3-9-17-38/h1-31H. The molecule has 3 aromatic heterocycles. The Bertz CT molecular complexity index is 2790. The van der Waals surface area contributed by atoms with Gasteiger partial charge in [0.1, 0.15) is 0 Å². The second-order valence-electron chi connectivity index (χ2n) is 12.9. The maximum Gasteiger partial charge on any atom is 0.0571 e. The van der Waals surface area contributed by atoms with Crippen molar-refractivity contribution in [2.75, 3.05) is 0 Å². The second-order valence-corrected chi connectivity index (χ2v) is 12.9. The molecule has 7 aromatic carbocycles. The molecule has 3 heterocycles. The minimum Gasteiger partial charge on any atom is -0.309 e. The predicted octanol–water partition coefficient (Wildman–Crippen LogP) is 12.3. The SMILES string of the molecule is c1ccc(-c2cc(-c3ccccc3)cc(-n3c4ccccc4c4cc(-c5ccc6c(c5)c5cnccc5n6-c5ccccc5)ccc43)c2)cc1. The Kier molecular flexibility index (Phi) is 6.49. The van der Waals surface area contributed by atoms with Crippen molar-refractivity contribution in [2.45, 2.75) is 0 Å². The first kappa shape index (κ1) is 28.3. The summed E-state index contributed by atoms with van der Waals surface area (Å²) in [5.41, 5.74) is 14.2. The van der Waals surface area contributed by atoms with E-state index < -0.39 is 0 Å². The van der Waals surface area contributed by atoms with Crippen LogP contribution in [0.3, 0.4) is 0 Å². The van der Waals surface area contributed by atoms with Crippen molar-refractivity contribution in [1.29, 1.82) is 0 Å². The Morgan fingerprint density at radius 1 is 0.300 bits per heavy atom. The van der Waals surface area contributed by atoms with Crippen LogP contribution in [0.25, 0.3) is 88.4 Å². The minimum atomic E-state index is 1.15. The molecule has 0 aliphatic carbocycles. The van der Waals surface area contributed by atoms with Gasteiger partial charge in [-0.25, -0.2) is 0 Å². The highest BCUT2D eigenvalue weighted by atomic mass is 15.0. The van der Waals surface area contributed by atoms with E-state index in [4.69, 9.17) is 0 Å². The molecule has 0 unspecified atom stereocenters. The smallest absolute Gasteiger partial charge is 0.0571 e. The zero-order valence-corrected chi connectivity index (χ0v) is 27.2. The zero-order chi connectivity index (χ0) is 33.0. The molecule has 0 N–H and O–H groups in total. The third-order valence-electron chi connectivity index (χ3n) is 9.98. The monoisotopic (exact) mass is 637 g/mol. The van der Waals surface area contributed by atoms with Crippen LogP contribution in [-0.2, 0) is 0 Å². The van der Waals surface area contributed by atoms with E-state index in [2.05, 4.69) is 190 Å². The van der Waals surface area contributed by atoms with Crippen LogP contribution in [0.4, 0.5) is 0 Å². The normalized spacial score (nSPS) is 11.6. The molecule has 50 heavy (non-hydrogen) atoms. The molecule has 0 radical (unpaired) electrons. The van der Waals surface area contributed by atoms with Crippen molar-refractivity contribution in [1.82, 2.24) is 14.1 Å². The molecule has 0 saturated heterocycles. The van der Waals surface area contributed by atoms with Gasteiger partial charge in [0.05, 0.1) is 22.1 Å². The molecule has 3 nitrogen and oxygen atoms in total. The Hall–Kier alpha value is -6.71. The Morgan fingerprint density at radius 3 is 1.44 bits per heavy atom. The lowest BCUT2D eigenvalue weighted by Crippen LogP contribution is -1.96. The quantitative estimate of drug-likeness (QED) is 0.184. The molecule has 0 atom stereocenters. The van der Waals surface area contributed by atoms with Gasteiger partial charge < -0.3 is 9.13 Å². The molecule has 0 fully saturated rings. The molecule has 234 valence electrons. The van der Waals surface area contributed by atoms with E-state index >= 15 is 0 Å². The number of nitrogens with zero attached hydrogens (tertiary/aromatic N) is 3. The van der Waals surface area contributed by atoms with Gasteiger partial charge in [0.15, 0.2) is 0 Å². The minimum absolute atomic E-state index is 1.15. The maximum atomic E-state index is 4.51. The van der Waals surface area contributed by atoms with Crippen molar-refractivity contribution >= 4 is 43.6 Å². The van der Waals surface area contributed by atoms with Crippen molar-refractivity contribution in [2.24, 2.45) is 0 Å². The highest BCUT2D eigenvalue weighted by Crippen LogP contribution is 2.39. The third-order valence-corrected chi connectivity index (χ3v) is 9.98. The van der Waals surface area contributed by atoms with Gasteiger partial charge >= 0.3 is 0 Å². The van der Waals surface area contributed by atoms with Crippen LogP contribution in [0.15, 0.2) is 188 Å². The molecular weight excluding hydrogens is 607 g/mol. The second kappa shape index (κ2) is 11.5. The largest absolute Gasteiger partial charge is 0.309 e. The van der Waals surface area contributed by atoms with Gasteiger partial charge in [0.2, 0.25) is 0 Å². The summed E-state index contributed by atoms with van der Waals surface area (Å²) < 4.78 is 4.76. The molecule has 10 aromatic rings. The summed E-state index contributed by atoms with van der Waals surface area (Å²) in [6.07, 6.45) is 3.87. The van der Waals surface area contributed by atoms with E-state index in [1.807, 2.05) is 12.4 Å². The molecule has 0 saturated carbocycles. The van der Waals surface area contributed by atoms with Crippen LogP contribution in [0.5, 0.6) is 0 Å². The van der Waals surface area contributed by atoms with Crippen LogP contribution in [0.1, 0.15) is 0 Å². The summed E-state index contributed by atoms with van der Waals surface area (Å²) in [5.74, 6) is 0. The van der Waals surface area contributed by atoms with E-state index in [1.54, 1.807) is 0 Å². The highest BCUT2D eigenvalue weighted by Gasteiger charge is 2.17. The van der Waals surface area contributed by atoms with Crippen LogP contribution < -0.4 is 0 Å². The van der Waals surface area contributed by atoms with Crippen LogP contribution in [-0.4, -0.2) is 14.1 Å². The lowest BCUT2D eigenvalue weighted by Gasteiger charge is -2.14. The molecule has 0 spiro atoms. The van der Waals surface area contributed by atoms with Crippen LogP contribution >= 0.6 is 0 Å². The van der Waals surface area contributed by atoms with E-state index in [9.17, 15) is 0 Å². The molecule has 0 aliphatic heterocycles. The van der Waals surface area contributed by atoms with Crippen molar-refractivity contribution < 1.29 is 0 Å². The van der Waals surface area contributed by atoms with Gasteiger partial charge in [0, 0.05) is 45.3 Å². The Labute approximate surface area is 290 Å². The molecule has 10 rings (SSSR count). The fourth-order valence-electron chi connectivity index (χ4n) is 7.67. The summed E-state index contributed by atoms with van der Waals surface area (Å²) in [6, 6.07) is 63.5. The maximum absolute atomic E-state index is 4.51. The van der Waals surface area contributed by atoms with Crippen molar-refractivity contribution in [3.8, 4) is 44.8 Å². The molecule has 0 bridgehead atoms. The van der Waals surface area contributed by atoms with Crippen LogP contribution in [0.2, 0.25) is 0 Å². The number of hydrogen-bond acceptors (Lipinski definition) is 1. The predicted molar refractivity (Wildman–Crippen MR) is 209 cm³/mol. The third kappa shape index (κ3) is 4.56. The highest BCUT2D eigenvalue weighted by molar-refractivity contribution is 6.12. The van der Waals surface area contributed by atoms with E-state index in [-0.39, 0.29) is 0 Å². The van der Waals surface area contributed by atoms with Crippen molar-refractivity contribution in [3.63, 3.8) is 0 Å². The lowest BCUT2D eigenvalue weighted by atomic mass is 9.98. The average molecular weight is 638 g/mol. The van der Waals surface area contributed by atoms with Gasteiger partial charge in [-0.3, -0.25) is 4.98 Å². The first-order valence-corrected chi connectivity index (χ1v) is 17.0. The first-order valence-electron chi connectivity index (χ1n) is 17.0. The average Bonchev–Trinajstić information content (AvgIpc) is 3.71. The number of rotatable bonds is 5. The van der Waals surface area contributed by atoms with E-state index in [0.29, 0.717) is 0 Å². The molecule has 3 heteroatoms. The summed E-state index contributed by atoms with van der Waals surface area (Å²) in [5, 5.41) is 4.82. The van der Waals surface area contributed by atoms with Gasteiger partial charge in [-0.2, -0.15) is 0 Å². The fraction of sp³-hybridized carbons (Fsp3) is 0. The summed E-state index contributed by atoms with van der Waals surface area (Å²) in [4.78, 5) is 4.51. The number of hydrogen-bond donors (Lipinski definition) is 0. The molecule has 0 amide bonds. The number of aromatic nitrogens is 3. The van der Waals surface area contributed by atoms with Gasteiger partial charge in [-0.15, -0.1) is 0 Å². The zero-order valence-electron chi connectivity index (χ0n) is 27.2. The van der Waals surface area contributed by atoms with Crippen LogP contribution in [0, 0.1) is 0 Å². The molecular formula is C47H31N3. The van der Waals surface area contributed by atoms with Gasteiger partial charge in [0.25, 0.3) is 0 Å². The number of pyridine rings is 1. The molecule has 0 aliphatic rings. The number of para-hydroxylation sites is 2.